The Morgan fingerprint density at radius 3 is 2.59 bits per heavy atom. The zero-order valence-electron chi connectivity index (χ0n) is 15.7. The van der Waals surface area contributed by atoms with Crippen LogP contribution in [0.3, 0.4) is 0 Å². The number of benzene rings is 2. The average Bonchev–Trinajstić information content (AvgIpc) is 3.17. The van der Waals surface area contributed by atoms with Crippen molar-refractivity contribution < 1.29 is 14.3 Å². The number of hydrogen-bond acceptors (Lipinski definition) is 5. The van der Waals surface area contributed by atoms with Crippen LogP contribution in [-0.4, -0.2) is 45.0 Å². The molecular weight excluding hydrogens is 372 g/mol. The van der Waals surface area contributed by atoms with Crippen molar-refractivity contribution in [3.8, 4) is 0 Å². The summed E-state index contributed by atoms with van der Waals surface area (Å²) in [5.74, 6) is -0.968. The van der Waals surface area contributed by atoms with E-state index in [9.17, 15) is 14.4 Å². The number of fused-ring (bicyclic) bond motifs is 3. The van der Waals surface area contributed by atoms with Gasteiger partial charge in [-0.1, -0.05) is 42.5 Å². The molecule has 0 fully saturated rings. The number of nitrogens with zero attached hydrogens (tertiary/aromatic N) is 3. The first-order valence-corrected chi connectivity index (χ1v) is 8.97. The molecule has 1 N–H and O–H groups in total. The maximum atomic E-state index is 13.3. The Labute approximate surface area is 165 Å². The number of ether oxygens (including phenoxy) is 1. The Balaban J connectivity index is 1.78. The molecule has 0 saturated carbocycles. The van der Waals surface area contributed by atoms with Crippen LogP contribution in [0.25, 0.3) is 16.6 Å². The number of esters is 1. The number of H-pyrrole nitrogens is 1. The number of carbonyl (C=O) groups excluding carboxylic acids is 2. The van der Waals surface area contributed by atoms with Crippen LogP contribution < -0.4 is 5.56 Å². The van der Waals surface area contributed by atoms with E-state index < -0.39 is 11.9 Å². The van der Waals surface area contributed by atoms with Gasteiger partial charge in [0.1, 0.15) is 17.8 Å². The lowest BCUT2D eigenvalue weighted by molar-refractivity contribution is -0.141. The fourth-order valence-electron chi connectivity index (χ4n) is 3.23. The molecule has 0 unspecified atom stereocenters. The number of aromatic nitrogens is 3. The van der Waals surface area contributed by atoms with Crippen molar-refractivity contribution in [3.05, 3.63) is 82.3 Å². The first-order chi connectivity index (χ1) is 14.1. The SMILES string of the molecule is COC(=O)CN(Cc1ccccc1)C(=O)c1cnn2c1[nH]c(=O)c1ccccc12. The summed E-state index contributed by atoms with van der Waals surface area (Å²) >= 11 is 0. The van der Waals surface area contributed by atoms with Crippen molar-refractivity contribution >= 4 is 28.4 Å². The van der Waals surface area contributed by atoms with E-state index in [1.165, 1.54) is 22.7 Å². The Morgan fingerprint density at radius 2 is 1.83 bits per heavy atom. The molecule has 0 atom stereocenters. The molecule has 0 saturated heterocycles. The van der Waals surface area contributed by atoms with Gasteiger partial charge in [0, 0.05) is 6.54 Å². The van der Waals surface area contributed by atoms with Crippen molar-refractivity contribution in [2.24, 2.45) is 0 Å². The van der Waals surface area contributed by atoms with E-state index in [4.69, 9.17) is 4.74 Å². The van der Waals surface area contributed by atoms with Crippen molar-refractivity contribution in [1.29, 1.82) is 0 Å². The molecule has 1 amide bonds. The van der Waals surface area contributed by atoms with E-state index in [2.05, 4.69) is 10.1 Å². The highest BCUT2D eigenvalue weighted by molar-refractivity contribution is 6.01. The van der Waals surface area contributed by atoms with Gasteiger partial charge >= 0.3 is 5.97 Å². The van der Waals surface area contributed by atoms with Crippen LogP contribution in [-0.2, 0) is 16.1 Å². The topological polar surface area (TPSA) is 96.8 Å². The van der Waals surface area contributed by atoms with Gasteiger partial charge in [0.25, 0.3) is 11.5 Å². The highest BCUT2D eigenvalue weighted by Gasteiger charge is 2.24. The molecular formula is C21H18N4O4. The Hall–Kier alpha value is -3.94. The number of hydrogen-bond donors (Lipinski definition) is 1. The van der Waals surface area contributed by atoms with Crippen LogP contribution >= 0.6 is 0 Å². The number of methoxy groups -OCH3 is 1. The zero-order chi connectivity index (χ0) is 20.4. The first-order valence-electron chi connectivity index (χ1n) is 8.97. The van der Waals surface area contributed by atoms with Crippen LogP contribution in [0, 0.1) is 0 Å². The van der Waals surface area contributed by atoms with Gasteiger partial charge in [-0.05, 0) is 17.7 Å². The van der Waals surface area contributed by atoms with E-state index in [-0.39, 0.29) is 29.9 Å². The third-order valence-corrected chi connectivity index (χ3v) is 4.66. The van der Waals surface area contributed by atoms with Crippen LogP contribution in [0.2, 0.25) is 0 Å². The van der Waals surface area contributed by atoms with Gasteiger partial charge in [0.05, 0.1) is 24.2 Å². The molecule has 0 aliphatic carbocycles. The van der Waals surface area contributed by atoms with Gasteiger partial charge in [-0.15, -0.1) is 0 Å². The van der Waals surface area contributed by atoms with Crippen LogP contribution in [0.4, 0.5) is 0 Å². The van der Waals surface area contributed by atoms with Gasteiger partial charge in [0.15, 0.2) is 0 Å². The molecule has 2 aromatic carbocycles. The Bertz CT molecular complexity index is 1260. The highest BCUT2D eigenvalue weighted by atomic mass is 16.5. The maximum absolute atomic E-state index is 13.3. The molecule has 8 nitrogen and oxygen atoms in total. The summed E-state index contributed by atoms with van der Waals surface area (Å²) in [7, 11) is 1.27. The molecule has 0 aliphatic rings. The molecule has 8 heteroatoms. The third kappa shape index (κ3) is 3.47. The van der Waals surface area contributed by atoms with E-state index in [0.717, 1.165) is 5.56 Å². The minimum atomic E-state index is -0.537. The summed E-state index contributed by atoms with van der Waals surface area (Å²) in [6, 6.07) is 16.3. The average molecular weight is 390 g/mol. The van der Waals surface area contributed by atoms with Crippen molar-refractivity contribution in [1.82, 2.24) is 19.5 Å². The number of aromatic amines is 1. The number of carbonyl (C=O) groups is 2. The highest BCUT2D eigenvalue weighted by Crippen LogP contribution is 2.17. The van der Waals surface area contributed by atoms with E-state index >= 15 is 0 Å². The molecule has 0 radical (unpaired) electrons. The molecule has 2 aromatic heterocycles. The van der Waals surface area contributed by atoms with Crippen molar-refractivity contribution in [3.63, 3.8) is 0 Å². The fraction of sp³-hybridized carbons (Fsp3) is 0.143. The summed E-state index contributed by atoms with van der Waals surface area (Å²) in [4.78, 5) is 41.7. The minimum absolute atomic E-state index is 0.202. The van der Waals surface area contributed by atoms with Gasteiger partial charge < -0.3 is 14.6 Å². The van der Waals surface area contributed by atoms with Crippen LogP contribution in [0.5, 0.6) is 0 Å². The van der Waals surface area contributed by atoms with Crippen molar-refractivity contribution in [2.75, 3.05) is 13.7 Å². The summed E-state index contributed by atoms with van der Waals surface area (Å²) in [5.41, 5.74) is 1.62. The lowest BCUT2D eigenvalue weighted by Crippen LogP contribution is -2.35. The summed E-state index contributed by atoms with van der Waals surface area (Å²) in [5, 5.41) is 4.75. The lowest BCUT2D eigenvalue weighted by atomic mass is 10.2. The zero-order valence-corrected chi connectivity index (χ0v) is 15.7. The quantitative estimate of drug-likeness (QED) is 0.526. The first kappa shape index (κ1) is 18.4. The van der Waals surface area contributed by atoms with Crippen LogP contribution in [0.15, 0.2) is 65.6 Å². The molecule has 146 valence electrons. The summed E-state index contributed by atoms with van der Waals surface area (Å²) < 4.78 is 6.26. The number of rotatable bonds is 5. The minimum Gasteiger partial charge on any atom is -0.468 e. The van der Waals surface area contributed by atoms with Gasteiger partial charge in [0.2, 0.25) is 0 Å². The molecule has 29 heavy (non-hydrogen) atoms. The van der Waals surface area contributed by atoms with Gasteiger partial charge in [-0.3, -0.25) is 14.4 Å². The number of nitrogens with one attached hydrogen (secondary N) is 1. The second-order valence-electron chi connectivity index (χ2n) is 6.51. The second-order valence-corrected chi connectivity index (χ2v) is 6.51. The molecule has 0 spiro atoms. The number of para-hydroxylation sites is 1. The van der Waals surface area contributed by atoms with Gasteiger partial charge in [-0.25, -0.2) is 4.52 Å². The molecule has 2 heterocycles. The van der Waals surface area contributed by atoms with E-state index in [1.807, 2.05) is 30.3 Å². The molecule has 0 bridgehead atoms. The third-order valence-electron chi connectivity index (χ3n) is 4.66. The van der Waals surface area contributed by atoms with E-state index in [0.29, 0.717) is 10.9 Å². The van der Waals surface area contributed by atoms with E-state index in [1.54, 1.807) is 24.3 Å². The van der Waals surface area contributed by atoms with Crippen LogP contribution in [0.1, 0.15) is 15.9 Å². The predicted molar refractivity (Wildman–Crippen MR) is 107 cm³/mol. The normalized spacial score (nSPS) is 10.9. The monoisotopic (exact) mass is 390 g/mol. The summed E-state index contributed by atoms with van der Waals surface area (Å²) in [6.07, 6.45) is 1.40. The lowest BCUT2D eigenvalue weighted by Gasteiger charge is -2.21. The maximum Gasteiger partial charge on any atom is 0.325 e. The van der Waals surface area contributed by atoms with Crippen molar-refractivity contribution in [2.45, 2.75) is 6.54 Å². The fourth-order valence-corrected chi connectivity index (χ4v) is 3.23. The molecule has 0 aliphatic heterocycles. The smallest absolute Gasteiger partial charge is 0.325 e. The Kier molecular flexibility index (Phi) is 4.82. The largest absolute Gasteiger partial charge is 0.468 e. The summed E-state index contributed by atoms with van der Waals surface area (Å²) in [6.45, 7) is -0.0106. The van der Waals surface area contributed by atoms with Gasteiger partial charge in [-0.2, -0.15) is 5.10 Å². The second kappa shape index (κ2) is 7.59. The molecule has 4 rings (SSSR count). The predicted octanol–water partition coefficient (Wildman–Crippen LogP) is 1.99. The standard InChI is InChI=1S/C21H18N4O4/c1-29-18(26)13-24(12-14-7-3-2-4-8-14)21(28)16-11-22-25-17-10-6-5-9-15(17)20(27)23-19(16)25/h2-11H,12-13H2,1H3,(H,23,27). The number of amides is 1. The Morgan fingerprint density at radius 1 is 1.10 bits per heavy atom. The molecule has 4 aromatic rings.